The molecule has 2 aromatic carbocycles. The fourth-order valence-corrected chi connectivity index (χ4v) is 3.74. The zero-order valence-corrected chi connectivity index (χ0v) is 16.1. The number of benzene rings is 2. The number of amides is 2. The van der Waals surface area contributed by atoms with Gasteiger partial charge in [-0.3, -0.25) is 9.59 Å². The molecular formula is C18H17N5O2S2. The Morgan fingerprint density at radius 1 is 1.11 bits per heavy atom. The van der Waals surface area contributed by atoms with E-state index in [9.17, 15) is 9.59 Å². The van der Waals surface area contributed by atoms with Crippen molar-refractivity contribution in [2.75, 3.05) is 22.1 Å². The highest BCUT2D eigenvalue weighted by Gasteiger charge is 2.14. The van der Waals surface area contributed by atoms with Crippen molar-refractivity contribution in [3.8, 4) is 0 Å². The van der Waals surface area contributed by atoms with Gasteiger partial charge in [-0.05, 0) is 36.8 Å². The van der Waals surface area contributed by atoms with Crippen LogP contribution in [0.5, 0.6) is 0 Å². The van der Waals surface area contributed by atoms with Crippen LogP contribution < -0.4 is 16.4 Å². The molecule has 0 saturated heterocycles. The Balaban J connectivity index is 1.66. The van der Waals surface area contributed by atoms with Crippen molar-refractivity contribution < 1.29 is 9.59 Å². The molecule has 7 nitrogen and oxygen atoms in total. The lowest BCUT2D eigenvalue weighted by molar-refractivity contribution is -0.113. The summed E-state index contributed by atoms with van der Waals surface area (Å²) in [6, 6.07) is 14.4. The quantitative estimate of drug-likeness (QED) is 0.548. The summed E-state index contributed by atoms with van der Waals surface area (Å²) in [6.07, 6.45) is 0. The summed E-state index contributed by atoms with van der Waals surface area (Å²) >= 11 is 2.46. The van der Waals surface area contributed by atoms with Crippen LogP contribution in [0.2, 0.25) is 0 Å². The van der Waals surface area contributed by atoms with E-state index in [1.807, 2.05) is 31.2 Å². The van der Waals surface area contributed by atoms with Crippen LogP contribution in [0.1, 0.15) is 15.9 Å². The molecule has 0 atom stereocenters. The molecule has 0 aliphatic heterocycles. The average molecular weight is 400 g/mol. The lowest BCUT2D eigenvalue weighted by Crippen LogP contribution is -2.19. The Hall–Kier alpha value is -2.91. The number of nitrogen functional groups attached to an aromatic ring is 1. The molecule has 0 bridgehead atoms. The topological polar surface area (TPSA) is 110 Å². The molecule has 138 valence electrons. The van der Waals surface area contributed by atoms with Crippen LogP contribution in [0.15, 0.2) is 52.9 Å². The predicted molar refractivity (Wildman–Crippen MR) is 109 cm³/mol. The lowest BCUT2D eigenvalue weighted by Gasteiger charge is -2.11. The largest absolute Gasteiger partial charge is 0.374 e. The van der Waals surface area contributed by atoms with E-state index in [1.165, 1.54) is 23.1 Å². The first-order valence-electron chi connectivity index (χ1n) is 8.00. The minimum atomic E-state index is -0.291. The summed E-state index contributed by atoms with van der Waals surface area (Å²) in [5.74, 6) is -0.395. The minimum absolute atomic E-state index is 0.141. The Bertz CT molecular complexity index is 974. The first kappa shape index (κ1) is 18.9. The molecule has 0 aliphatic carbocycles. The number of hydrogen-bond donors (Lipinski definition) is 3. The van der Waals surface area contributed by atoms with E-state index < -0.39 is 0 Å². The van der Waals surface area contributed by atoms with Crippen molar-refractivity contribution in [2.24, 2.45) is 0 Å². The first-order chi connectivity index (χ1) is 13.0. The normalized spacial score (nSPS) is 10.4. The molecule has 0 saturated carbocycles. The van der Waals surface area contributed by atoms with E-state index in [1.54, 1.807) is 24.3 Å². The van der Waals surface area contributed by atoms with Crippen molar-refractivity contribution >= 4 is 51.4 Å². The number of rotatable bonds is 6. The summed E-state index contributed by atoms with van der Waals surface area (Å²) in [5, 5.41) is 13.5. The van der Waals surface area contributed by atoms with Gasteiger partial charge in [-0.25, -0.2) is 0 Å². The molecular weight excluding hydrogens is 382 g/mol. The van der Waals surface area contributed by atoms with Gasteiger partial charge in [-0.1, -0.05) is 47.4 Å². The maximum atomic E-state index is 12.6. The lowest BCUT2D eigenvalue weighted by atomic mass is 10.1. The van der Waals surface area contributed by atoms with Crippen molar-refractivity contribution in [3.05, 3.63) is 59.7 Å². The van der Waals surface area contributed by atoms with Gasteiger partial charge in [0.25, 0.3) is 5.91 Å². The minimum Gasteiger partial charge on any atom is -0.374 e. The monoisotopic (exact) mass is 399 g/mol. The third-order valence-corrected chi connectivity index (χ3v) is 5.36. The van der Waals surface area contributed by atoms with Crippen LogP contribution in [0, 0.1) is 6.92 Å². The number of aryl methyl sites for hydroxylation is 1. The zero-order valence-electron chi connectivity index (χ0n) is 14.4. The standard InChI is InChI=1S/C18H17N5O2S2/c1-11-5-4-6-12(9-11)20-16(25)13-7-2-3-8-14(13)21-15(24)10-26-18-23-22-17(19)27-18/h2-9H,10H2,1H3,(H2,19,22)(H,20,25)(H,21,24). The average Bonchev–Trinajstić information content (AvgIpc) is 3.06. The second-order valence-corrected chi connectivity index (χ2v) is 7.84. The molecule has 0 radical (unpaired) electrons. The van der Waals surface area contributed by atoms with Crippen LogP contribution in [0.25, 0.3) is 0 Å². The molecule has 9 heteroatoms. The van der Waals surface area contributed by atoms with Crippen LogP contribution in [-0.4, -0.2) is 27.8 Å². The number of nitrogens with zero attached hydrogens (tertiary/aromatic N) is 2. The van der Waals surface area contributed by atoms with Crippen molar-refractivity contribution in [1.29, 1.82) is 0 Å². The molecule has 3 rings (SSSR count). The maximum Gasteiger partial charge on any atom is 0.257 e. The molecule has 0 spiro atoms. The van der Waals surface area contributed by atoms with Gasteiger partial charge in [0.2, 0.25) is 11.0 Å². The van der Waals surface area contributed by atoms with Crippen LogP contribution >= 0.6 is 23.1 Å². The number of anilines is 3. The molecule has 0 fully saturated rings. The smallest absolute Gasteiger partial charge is 0.257 e. The fraction of sp³-hybridized carbons (Fsp3) is 0.111. The van der Waals surface area contributed by atoms with Crippen molar-refractivity contribution in [1.82, 2.24) is 10.2 Å². The number of carbonyl (C=O) groups is 2. The van der Waals surface area contributed by atoms with E-state index in [0.29, 0.717) is 26.4 Å². The maximum absolute atomic E-state index is 12.6. The van der Waals surface area contributed by atoms with Gasteiger partial charge in [0.1, 0.15) is 0 Å². The SMILES string of the molecule is Cc1cccc(NC(=O)c2ccccc2NC(=O)CSc2nnc(N)s2)c1. The summed E-state index contributed by atoms with van der Waals surface area (Å²) < 4.78 is 0.619. The van der Waals surface area contributed by atoms with Gasteiger partial charge in [0.15, 0.2) is 4.34 Å². The first-order valence-corrected chi connectivity index (χ1v) is 9.80. The highest BCUT2D eigenvalue weighted by molar-refractivity contribution is 8.01. The Kier molecular flexibility index (Phi) is 6.05. The molecule has 4 N–H and O–H groups in total. The summed E-state index contributed by atoms with van der Waals surface area (Å²) in [4.78, 5) is 24.8. The number of hydrogen-bond acceptors (Lipinski definition) is 7. The highest BCUT2D eigenvalue weighted by Crippen LogP contribution is 2.24. The predicted octanol–water partition coefficient (Wildman–Crippen LogP) is 3.41. The molecule has 1 aromatic heterocycles. The molecule has 0 aliphatic rings. The van der Waals surface area contributed by atoms with Gasteiger partial charge < -0.3 is 16.4 Å². The van der Waals surface area contributed by atoms with Crippen LogP contribution in [-0.2, 0) is 4.79 Å². The second kappa shape index (κ2) is 8.65. The second-order valence-electron chi connectivity index (χ2n) is 5.61. The third kappa shape index (κ3) is 5.28. The summed E-state index contributed by atoms with van der Waals surface area (Å²) in [5.41, 5.74) is 8.10. The molecule has 1 heterocycles. The van der Waals surface area contributed by atoms with Gasteiger partial charge in [0, 0.05) is 5.69 Å². The fourth-order valence-electron chi connectivity index (χ4n) is 2.30. The zero-order chi connectivity index (χ0) is 19.2. The number of para-hydroxylation sites is 1. The van der Waals surface area contributed by atoms with E-state index >= 15 is 0 Å². The summed E-state index contributed by atoms with van der Waals surface area (Å²) in [7, 11) is 0. The van der Waals surface area contributed by atoms with E-state index in [4.69, 9.17) is 5.73 Å². The van der Waals surface area contributed by atoms with Gasteiger partial charge >= 0.3 is 0 Å². The molecule has 27 heavy (non-hydrogen) atoms. The van der Waals surface area contributed by atoms with Gasteiger partial charge in [-0.2, -0.15) is 0 Å². The van der Waals surface area contributed by atoms with E-state index in [0.717, 1.165) is 5.56 Å². The van der Waals surface area contributed by atoms with Crippen molar-refractivity contribution in [2.45, 2.75) is 11.3 Å². The van der Waals surface area contributed by atoms with E-state index in [2.05, 4.69) is 20.8 Å². The van der Waals surface area contributed by atoms with Crippen molar-refractivity contribution in [3.63, 3.8) is 0 Å². The molecule has 3 aromatic rings. The Labute approximate surface area is 164 Å². The summed E-state index contributed by atoms with van der Waals surface area (Å²) in [6.45, 7) is 1.95. The van der Waals surface area contributed by atoms with E-state index in [-0.39, 0.29) is 17.6 Å². The number of nitrogens with two attached hydrogens (primary N) is 1. The molecule has 2 amide bonds. The van der Waals surface area contributed by atoms with Crippen LogP contribution in [0.3, 0.4) is 0 Å². The number of thioether (sulfide) groups is 1. The van der Waals surface area contributed by atoms with Gasteiger partial charge in [-0.15, -0.1) is 10.2 Å². The number of aromatic nitrogens is 2. The van der Waals surface area contributed by atoms with Crippen LogP contribution in [0.4, 0.5) is 16.5 Å². The number of carbonyl (C=O) groups excluding carboxylic acids is 2. The Morgan fingerprint density at radius 3 is 2.67 bits per heavy atom. The Morgan fingerprint density at radius 2 is 1.93 bits per heavy atom. The third-order valence-electron chi connectivity index (χ3n) is 3.47. The number of nitrogens with one attached hydrogen (secondary N) is 2. The molecule has 0 unspecified atom stereocenters. The highest BCUT2D eigenvalue weighted by atomic mass is 32.2. The van der Waals surface area contributed by atoms with Gasteiger partial charge in [0.05, 0.1) is 17.0 Å².